The third kappa shape index (κ3) is 3.01. The number of halogens is 1. The van der Waals surface area contributed by atoms with Crippen LogP contribution in [0.4, 0.5) is 4.39 Å². The maximum atomic E-state index is 13.6. The van der Waals surface area contributed by atoms with Crippen LogP contribution in [0.3, 0.4) is 0 Å². The Hall–Kier alpha value is -1.45. The number of carbonyl (C=O) groups is 1. The number of nitrogens with zero attached hydrogens (tertiary/aromatic N) is 1. The third-order valence-electron chi connectivity index (χ3n) is 1.94. The van der Waals surface area contributed by atoms with Crippen LogP contribution < -0.4 is 0 Å². The molecule has 0 fully saturated rings. The van der Waals surface area contributed by atoms with E-state index in [0.717, 1.165) is 0 Å². The van der Waals surface area contributed by atoms with Gasteiger partial charge in [-0.3, -0.25) is 4.98 Å². The van der Waals surface area contributed by atoms with Crippen molar-refractivity contribution in [2.24, 2.45) is 0 Å². The van der Waals surface area contributed by atoms with E-state index in [1.165, 1.54) is 32.3 Å². The topological polar surface area (TPSA) is 39.2 Å². The zero-order chi connectivity index (χ0) is 11.5. The van der Waals surface area contributed by atoms with E-state index in [9.17, 15) is 9.18 Å². The van der Waals surface area contributed by atoms with Crippen LogP contribution in [0.15, 0.2) is 18.5 Å². The van der Waals surface area contributed by atoms with Crippen molar-refractivity contribution in [3.63, 3.8) is 0 Å². The van der Waals surface area contributed by atoms with Crippen LogP contribution >= 0.6 is 0 Å². The van der Waals surface area contributed by atoms with Crippen molar-refractivity contribution in [2.45, 2.75) is 26.4 Å². The third-order valence-corrected chi connectivity index (χ3v) is 1.94. The normalized spacial score (nSPS) is 11.2. The van der Waals surface area contributed by atoms with Gasteiger partial charge in [0.25, 0.3) is 0 Å². The minimum Gasteiger partial charge on any atom is -0.462 e. The molecule has 1 aromatic rings. The van der Waals surface area contributed by atoms with Crippen molar-refractivity contribution in [3.05, 3.63) is 29.6 Å². The van der Waals surface area contributed by atoms with Gasteiger partial charge >= 0.3 is 5.97 Å². The summed E-state index contributed by atoms with van der Waals surface area (Å²) in [5, 5.41) is 0. The minimum atomic E-state index is -1.50. The molecule has 0 aliphatic carbocycles. The Bertz CT molecular complexity index is 358. The zero-order valence-electron chi connectivity index (χ0n) is 9.08. The Balaban J connectivity index is 2.98. The smallest absolute Gasteiger partial charge is 0.339 e. The first kappa shape index (κ1) is 11.6. The maximum Gasteiger partial charge on any atom is 0.339 e. The summed E-state index contributed by atoms with van der Waals surface area (Å²) in [4.78, 5) is 15.2. The van der Waals surface area contributed by atoms with Gasteiger partial charge in [-0.05, 0) is 26.8 Å². The van der Waals surface area contributed by atoms with Gasteiger partial charge in [0.15, 0.2) is 0 Å². The largest absolute Gasteiger partial charge is 0.462 e. The summed E-state index contributed by atoms with van der Waals surface area (Å²) in [6, 6.07) is 1.46. The minimum absolute atomic E-state index is 0.278. The predicted octanol–water partition coefficient (Wildman–Crippen LogP) is 2.46. The number of rotatable bonds is 3. The van der Waals surface area contributed by atoms with Crippen molar-refractivity contribution in [3.8, 4) is 0 Å². The van der Waals surface area contributed by atoms with Gasteiger partial charge in [0.1, 0.15) is 5.67 Å². The van der Waals surface area contributed by atoms with Crippen LogP contribution in [0.5, 0.6) is 0 Å². The van der Waals surface area contributed by atoms with Gasteiger partial charge in [-0.1, -0.05) is 0 Å². The van der Waals surface area contributed by atoms with Crippen molar-refractivity contribution in [1.82, 2.24) is 4.98 Å². The molecule has 4 heteroatoms. The SMILES string of the molecule is CCOC(=O)c1cncc(C(C)(C)F)c1. The van der Waals surface area contributed by atoms with Crippen molar-refractivity contribution >= 4 is 5.97 Å². The van der Waals surface area contributed by atoms with E-state index in [1.807, 2.05) is 0 Å². The Morgan fingerprint density at radius 3 is 2.73 bits per heavy atom. The molecular weight excluding hydrogens is 197 g/mol. The highest BCUT2D eigenvalue weighted by atomic mass is 19.1. The number of ether oxygens (including phenoxy) is 1. The fourth-order valence-electron chi connectivity index (χ4n) is 1.09. The summed E-state index contributed by atoms with van der Waals surface area (Å²) < 4.78 is 18.4. The average molecular weight is 211 g/mol. The summed E-state index contributed by atoms with van der Waals surface area (Å²) >= 11 is 0. The van der Waals surface area contributed by atoms with E-state index in [4.69, 9.17) is 4.74 Å². The molecule has 0 aliphatic rings. The molecule has 0 saturated heterocycles. The van der Waals surface area contributed by atoms with Gasteiger partial charge < -0.3 is 4.74 Å². The van der Waals surface area contributed by atoms with E-state index < -0.39 is 11.6 Å². The first-order valence-electron chi connectivity index (χ1n) is 4.76. The molecular formula is C11H14FNO2. The van der Waals surface area contributed by atoms with E-state index in [0.29, 0.717) is 12.2 Å². The van der Waals surface area contributed by atoms with Crippen LogP contribution in [-0.2, 0) is 10.4 Å². The summed E-state index contributed by atoms with van der Waals surface area (Å²) in [6.45, 7) is 4.84. The lowest BCUT2D eigenvalue weighted by molar-refractivity contribution is 0.0525. The van der Waals surface area contributed by atoms with Crippen LogP contribution in [0.1, 0.15) is 36.7 Å². The number of hydrogen-bond donors (Lipinski definition) is 0. The van der Waals surface area contributed by atoms with Crippen LogP contribution in [0.25, 0.3) is 0 Å². The van der Waals surface area contributed by atoms with E-state index in [1.54, 1.807) is 6.92 Å². The number of alkyl halides is 1. The Morgan fingerprint density at radius 1 is 1.53 bits per heavy atom. The molecule has 15 heavy (non-hydrogen) atoms. The molecule has 1 heterocycles. The van der Waals surface area contributed by atoms with Crippen molar-refractivity contribution < 1.29 is 13.9 Å². The molecule has 0 atom stereocenters. The highest BCUT2D eigenvalue weighted by Crippen LogP contribution is 2.24. The molecule has 3 nitrogen and oxygen atoms in total. The Labute approximate surface area is 88.3 Å². The first-order chi connectivity index (χ1) is 6.95. The second-order valence-corrected chi connectivity index (χ2v) is 3.66. The number of hydrogen-bond acceptors (Lipinski definition) is 3. The molecule has 0 aromatic carbocycles. The zero-order valence-corrected chi connectivity index (χ0v) is 9.08. The molecule has 1 rings (SSSR count). The predicted molar refractivity (Wildman–Crippen MR) is 54.3 cm³/mol. The maximum absolute atomic E-state index is 13.6. The lowest BCUT2D eigenvalue weighted by Gasteiger charge is -2.14. The van der Waals surface area contributed by atoms with Crippen LogP contribution in [-0.4, -0.2) is 17.6 Å². The molecule has 0 bridgehead atoms. The number of carbonyl (C=O) groups excluding carboxylic acids is 1. The summed E-state index contributed by atoms with van der Waals surface area (Å²) in [5.74, 6) is -0.476. The molecule has 0 radical (unpaired) electrons. The van der Waals surface area contributed by atoms with Gasteiger partial charge in [-0.2, -0.15) is 0 Å². The molecule has 0 aliphatic heterocycles. The molecule has 0 saturated carbocycles. The van der Waals surface area contributed by atoms with E-state index >= 15 is 0 Å². The fraction of sp³-hybridized carbons (Fsp3) is 0.455. The lowest BCUT2D eigenvalue weighted by Crippen LogP contribution is -2.12. The number of esters is 1. The first-order valence-corrected chi connectivity index (χ1v) is 4.76. The van der Waals surface area contributed by atoms with Gasteiger partial charge in [-0.25, -0.2) is 9.18 Å². The standard InChI is InChI=1S/C11H14FNO2/c1-4-15-10(14)8-5-9(7-13-6-8)11(2,3)12/h5-7H,4H2,1-3H3. The monoisotopic (exact) mass is 211 g/mol. The summed E-state index contributed by atoms with van der Waals surface area (Å²) in [5.41, 5.74) is -0.858. The Kier molecular flexibility index (Phi) is 3.39. The molecule has 0 amide bonds. The quantitative estimate of drug-likeness (QED) is 0.721. The number of pyridine rings is 1. The van der Waals surface area contributed by atoms with Crippen molar-refractivity contribution in [2.75, 3.05) is 6.61 Å². The van der Waals surface area contributed by atoms with Gasteiger partial charge in [0.05, 0.1) is 12.2 Å². The van der Waals surface area contributed by atoms with E-state index in [2.05, 4.69) is 4.98 Å². The second-order valence-electron chi connectivity index (χ2n) is 3.66. The second kappa shape index (κ2) is 4.38. The fourth-order valence-corrected chi connectivity index (χ4v) is 1.09. The summed E-state index contributed by atoms with van der Waals surface area (Å²) in [7, 11) is 0. The van der Waals surface area contributed by atoms with Gasteiger partial charge in [0, 0.05) is 18.0 Å². The Morgan fingerprint density at radius 2 is 2.20 bits per heavy atom. The van der Waals surface area contributed by atoms with Crippen LogP contribution in [0, 0.1) is 0 Å². The van der Waals surface area contributed by atoms with Gasteiger partial charge in [-0.15, -0.1) is 0 Å². The molecule has 0 N–H and O–H groups in total. The lowest BCUT2D eigenvalue weighted by atomic mass is 10.0. The van der Waals surface area contributed by atoms with Crippen molar-refractivity contribution in [1.29, 1.82) is 0 Å². The average Bonchev–Trinajstić information content (AvgIpc) is 2.17. The van der Waals surface area contributed by atoms with E-state index in [-0.39, 0.29) is 5.56 Å². The van der Waals surface area contributed by atoms with Gasteiger partial charge in [0.2, 0.25) is 0 Å². The molecule has 1 aromatic heterocycles. The summed E-state index contributed by atoms with van der Waals surface area (Å²) in [6.07, 6.45) is 2.77. The molecule has 0 unspecified atom stereocenters. The number of aromatic nitrogens is 1. The highest BCUT2D eigenvalue weighted by Gasteiger charge is 2.20. The molecule has 0 spiro atoms. The van der Waals surface area contributed by atoms with Crippen LogP contribution in [0.2, 0.25) is 0 Å². The molecule has 82 valence electrons. The highest BCUT2D eigenvalue weighted by molar-refractivity contribution is 5.89.